The van der Waals surface area contributed by atoms with Crippen molar-refractivity contribution in [1.82, 2.24) is 10.3 Å². The molecular formula is C27H22N2O4. The molecule has 33 heavy (non-hydrogen) atoms. The first kappa shape index (κ1) is 20.6. The zero-order valence-corrected chi connectivity index (χ0v) is 17.7. The summed E-state index contributed by atoms with van der Waals surface area (Å²) in [4.78, 5) is 26.5. The maximum Gasteiger partial charge on any atom is 0.407 e. The maximum absolute atomic E-state index is 12.3. The largest absolute Gasteiger partial charge is 0.478 e. The van der Waals surface area contributed by atoms with E-state index >= 15 is 0 Å². The van der Waals surface area contributed by atoms with Crippen molar-refractivity contribution >= 4 is 29.0 Å². The van der Waals surface area contributed by atoms with Crippen LogP contribution in [0.4, 0.5) is 4.79 Å². The Morgan fingerprint density at radius 1 is 1.00 bits per heavy atom. The molecule has 5 rings (SSSR count). The van der Waals surface area contributed by atoms with Crippen LogP contribution in [0.3, 0.4) is 0 Å². The summed E-state index contributed by atoms with van der Waals surface area (Å²) in [7, 11) is 0. The third-order valence-electron chi connectivity index (χ3n) is 5.95. The number of hydrogen-bond donors (Lipinski definition) is 3. The van der Waals surface area contributed by atoms with E-state index < -0.39 is 12.1 Å². The van der Waals surface area contributed by atoms with Crippen molar-refractivity contribution in [1.29, 1.82) is 0 Å². The molecule has 164 valence electrons. The number of ether oxygens (including phenoxy) is 1. The third-order valence-corrected chi connectivity index (χ3v) is 5.95. The van der Waals surface area contributed by atoms with Crippen LogP contribution >= 0.6 is 0 Å². The van der Waals surface area contributed by atoms with E-state index in [4.69, 9.17) is 4.74 Å². The molecule has 3 N–H and O–H groups in total. The summed E-state index contributed by atoms with van der Waals surface area (Å²) in [6.07, 6.45) is 4.65. The zero-order valence-electron chi connectivity index (χ0n) is 17.7. The Kier molecular flexibility index (Phi) is 5.40. The van der Waals surface area contributed by atoms with Crippen molar-refractivity contribution in [3.05, 3.63) is 101 Å². The molecule has 0 unspecified atom stereocenters. The van der Waals surface area contributed by atoms with Gasteiger partial charge in [-0.3, -0.25) is 0 Å². The topological polar surface area (TPSA) is 91.4 Å². The second-order valence-corrected chi connectivity index (χ2v) is 7.92. The number of hydrogen-bond acceptors (Lipinski definition) is 3. The molecule has 0 spiro atoms. The van der Waals surface area contributed by atoms with Gasteiger partial charge in [-0.2, -0.15) is 0 Å². The number of alkyl carbamates (subject to hydrolysis) is 1. The summed E-state index contributed by atoms with van der Waals surface area (Å²) in [5.41, 5.74) is 6.57. The van der Waals surface area contributed by atoms with Crippen molar-refractivity contribution < 1.29 is 19.4 Å². The molecule has 0 fully saturated rings. The minimum atomic E-state index is -0.973. The van der Waals surface area contributed by atoms with Crippen molar-refractivity contribution in [3.63, 3.8) is 0 Å². The van der Waals surface area contributed by atoms with Crippen LogP contribution in [0, 0.1) is 0 Å². The van der Waals surface area contributed by atoms with Gasteiger partial charge in [-0.25, -0.2) is 9.59 Å². The molecule has 0 saturated heterocycles. The quantitative estimate of drug-likeness (QED) is 0.375. The molecule has 6 nitrogen and oxygen atoms in total. The first-order valence-electron chi connectivity index (χ1n) is 10.7. The number of fused-ring (bicyclic) bond motifs is 4. The van der Waals surface area contributed by atoms with Gasteiger partial charge >= 0.3 is 12.1 Å². The monoisotopic (exact) mass is 438 g/mol. The van der Waals surface area contributed by atoms with Crippen LogP contribution in [-0.4, -0.2) is 35.3 Å². The molecule has 1 heterocycles. The van der Waals surface area contributed by atoms with Gasteiger partial charge in [0.25, 0.3) is 0 Å². The van der Waals surface area contributed by atoms with Crippen LogP contribution in [0.1, 0.15) is 33.0 Å². The summed E-state index contributed by atoms with van der Waals surface area (Å²) >= 11 is 0. The van der Waals surface area contributed by atoms with Gasteiger partial charge in [0.2, 0.25) is 0 Å². The Labute approximate surface area is 190 Å². The molecule has 0 saturated carbocycles. The molecule has 0 bridgehead atoms. The van der Waals surface area contributed by atoms with Gasteiger partial charge < -0.3 is 20.1 Å². The molecular weight excluding hydrogens is 416 g/mol. The predicted octanol–water partition coefficient (Wildman–Crippen LogP) is 5.42. The lowest BCUT2D eigenvalue weighted by Gasteiger charge is -2.14. The Balaban J connectivity index is 1.18. The van der Waals surface area contributed by atoms with E-state index in [9.17, 15) is 14.7 Å². The van der Waals surface area contributed by atoms with Crippen molar-refractivity contribution in [2.75, 3.05) is 13.2 Å². The van der Waals surface area contributed by atoms with Crippen LogP contribution in [-0.2, 0) is 4.74 Å². The Hall–Kier alpha value is -4.32. The minimum Gasteiger partial charge on any atom is -0.478 e. The lowest BCUT2D eigenvalue weighted by molar-refractivity contribution is 0.0699. The molecule has 0 aliphatic heterocycles. The van der Waals surface area contributed by atoms with E-state index in [1.54, 1.807) is 12.1 Å². The van der Waals surface area contributed by atoms with E-state index in [-0.39, 0.29) is 18.1 Å². The predicted molar refractivity (Wildman–Crippen MR) is 127 cm³/mol. The van der Waals surface area contributed by atoms with E-state index in [1.807, 2.05) is 42.5 Å². The van der Waals surface area contributed by atoms with Gasteiger partial charge in [-0.05, 0) is 39.9 Å². The van der Waals surface area contributed by atoms with Gasteiger partial charge in [0.05, 0.1) is 5.56 Å². The maximum atomic E-state index is 12.3. The Morgan fingerprint density at radius 3 is 2.39 bits per heavy atom. The van der Waals surface area contributed by atoms with Gasteiger partial charge in [-0.1, -0.05) is 66.7 Å². The summed E-state index contributed by atoms with van der Waals surface area (Å²) in [5.74, 6) is -0.950. The molecule has 3 aromatic carbocycles. The number of carboxylic acid groups (broad SMARTS) is 1. The second-order valence-electron chi connectivity index (χ2n) is 7.92. The van der Waals surface area contributed by atoms with Gasteiger partial charge in [0, 0.05) is 29.6 Å². The van der Waals surface area contributed by atoms with Crippen molar-refractivity contribution in [3.8, 4) is 11.1 Å². The average Bonchev–Trinajstić information content (AvgIpc) is 3.40. The summed E-state index contributed by atoms with van der Waals surface area (Å²) in [5, 5.41) is 12.7. The molecule has 1 amide bonds. The fourth-order valence-corrected chi connectivity index (χ4v) is 4.41. The average molecular weight is 438 g/mol. The molecule has 0 atom stereocenters. The summed E-state index contributed by atoms with van der Waals surface area (Å²) in [6, 6.07) is 21.9. The minimum absolute atomic E-state index is 0.0233. The van der Waals surface area contributed by atoms with Gasteiger partial charge in [-0.15, -0.1) is 0 Å². The van der Waals surface area contributed by atoms with Crippen molar-refractivity contribution in [2.24, 2.45) is 0 Å². The Bertz CT molecular complexity index is 1340. The first-order chi connectivity index (χ1) is 16.1. The molecule has 0 radical (unpaired) electrons. The van der Waals surface area contributed by atoms with Crippen LogP contribution in [0.5, 0.6) is 0 Å². The lowest BCUT2D eigenvalue weighted by Crippen LogP contribution is -2.26. The number of benzene rings is 3. The number of nitrogens with one attached hydrogen (secondary N) is 2. The second kappa shape index (κ2) is 8.67. The number of carbonyl (C=O) groups excluding carboxylic acids is 1. The Morgan fingerprint density at radius 2 is 1.70 bits per heavy atom. The highest BCUT2D eigenvalue weighted by atomic mass is 16.5. The van der Waals surface area contributed by atoms with Gasteiger partial charge in [0.15, 0.2) is 0 Å². The van der Waals surface area contributed by atoms with E-state index in [1.165, 1.54) is 28.5 Å². The fourth-order valence-electron chi connectivity index (χ4n) is 4.41. The van der Waals surface area contributed by atoms with Crippen molar-refractivity contribution in [2.45, 2.75) is 5.92 Å². The first-order valence-corrected chi connectivity index (χ1v) is 10.7. The highest BCUT2D eigenvalue weighted by Crippen LogP contribution is 2.44. The summed E-state index contributed by atoms with van der Waals surface area (Å²) in [6.45, 7) is 0.569. The number of aromatic carboxylic acids is 1. The number of carboxylic acids is 1. The van der Waals surface area contributed by atoms with Crippen LogP contribution in [0.15, 0.2) is 79.0 Å². The number of aromatic amines is 1. The van der Waals surface area contributed by atoms with E-state index in [2.05, 4.69) is 34.6 Å². The number of amides is 1. The van der Waals surface area contributed by atoms with E-state index in [0.29, 0.717) is 11.9 Å². The zero-order chi connectivity index (χ0) is 22.8. The molecule has 1 aliphatic carbocycles. The van der Waals surface area contributed by atoms with Crippen LogP contribution in [0.2, 0.25) is 0 Å². The summed E-state index contributed by atoms with van der Waals surface area (Å²) < 4.78 is 5.53. The smallest absolute Gasteiger partial charge is 0.407 e. The number of aromatic nitrogens is 1. The third kappa shape index (κ3) is 3.99. The number of H-pyrrole nitrogens is 1. The fraction of sp³-hybridized carbons (Fsp3) is 0.111. The van der Waals surface area contributed by atoms with Gasteiger partial charge in [0.1, 0.15) is 6.61 Å². The standard InChI is InChI=1S/C27H22N2O4/c30-26(31)23-15-29-25-12-11-17(14-22(23)25)6-5-13-28-27(32)33-16-24-20-9-3-1-7-18(20)19-8-2-4-10-21(19)24/h1-12,14-15,24,29H,13,16H2,(H,28,32)(H,30,31). The SMILES string of the molecule is O=C(NCC=Cc1ccc2[nH]cc(C(=O)O)c2c1)OCC1c2ccccc2-c2ccccc21. The van der Waals surface area contributed by atoms with E-state index in [0.717, 1.165) is 11.1 Å². The normalized spacial score (nSPS) is 12.6. The molecule has 1 aliphatic rings. The number of rotatable bonds is 6. The van der Waals surface area contributed by atoms with Crippen LogP contribution in [0.25, 0.3) is 28.1 Å². The molecule has 4 aromatic rings. The molecule has 1 aromatic heterocycles. The highest BCUT2D eigenvalue weighted by Gasteiger charge is 2.28. The lowest BCUT2D eigenvalue weighted by atomic mass is 9.98. The molecule has 6 heteroatoms. The number of carbonyl (C=O) groups is 2. The van der Waals surface area contributed by atoms with Crippen LogP contribution < -0.4 is 5.32 Å². The highest BCUT2D eigenvalue weighted by molar-refractivity contribution is 6.03.